The van der Waals surface area contributed by atoms with Gasteiger partial charge in [0.1, 0.15) is 12.2 Å². The maximum absolute atomic E-state index is 9.33. The second kappa shape index (κ2) is 8.05. The van der Waals surface area contributed by atoms with Crippen LogP contribution in [-0.4, -0.2) is 34.2 Å². The van der Waals surface area contributed by atoms with Gasteiger partial charge in [0, 0.05) is 5.56 Å². The highest BCUT2D eigenvalue weighted by molar-refractivity contribution is 7.80. The first-order valence-electron chi connectivity index (χ1n) is 6.70. The van der Waals surface area contributed by atoms with Crippen LogP contribution in [0, 0.1) is 0 Å². The Morgan fingerprint density at radius 1 is 0.955 bits per heavy atom. The average Bonchev–Trinajstić information content (AvgIpc) is 2.49. The van der Waals surface area contributed by atoms with E-state index in [9.17, 15) is 8.42 Å². The Labute approximate surface area is 132 Å². The molecule has 0 fully saturated rings. The van der Waals surface area contributed by atoms with Crippen molar-refractivity contribution < 1.29 is 17.2 Å². The highest BCUT2D eigenvalue weighted by Crippen LogP contribution is 2.21. The van der Waals surface area contributed by atoms with Crippen LogP contribution in [-0.2, 0) is 21.1 Å². The van der Waals surface area contributed by atoms with Crippen LogP contribution in [0.3, 0.4) is 0 Å². The lowest BCUT2D eigenvalue weighted by Gasteiger charge is -2.29. The second-order valence-electron chi connectivity index (χ2n) is 5.26. The summed E-state index contributed by atoms with van der Waals surface area (Å²) >= 11 is 0. The van der Waals surface area contributed by atoms with Gasteiger partial charge in [-0.05, 0) is 12.1 Å². The van der Waals surface area contributed by atoms with Crippen LogP contribution in [0.4, 0.5) is 5.69 Å². The molecule has 0 saturated heterocycles. The van der Waals surface area contributed by atoms with E-state index in [0.29, 0.717) is 0 Å². The minimum Gasteiger partial charge on any atom is -0.292 e. The van der Waals surface area contributed by atoms with E-state index < -0.39 is 10.4 Å². The normalized spacial score (nSPS) is 11.5. The predicted octanol–water partition coefficient (Wildman–Crippen LogP) is 2.89. The number of para-hydroxylation sites is 1. The van der Waals surface area contributed by atoms with Crippen molar-refractivity contribution in [3.8, 4) is 0 Å². The van der Waals surface area contributed by atoms with E-state index in [1.807, 2.05) is 0 Å². The van der Waals surface area contributed by atoms with Crippen molar-refractivity contribution in [2.45, 2.75) is 6.54 Å². The summed E-state index contributed by atoms with van der Waals surface area (Å²) in [5.41, 5.74) is 2.71. The predicted molar refractivity (Wildman–Crippen MR) is 88.8 cm³/mol. The van der Waals surface area contributed by atoms with Crippen molar-refractivity contribution >= 4 is 16.1 Å². The van der Waals surface area contributed by atoms with Crippen molar-refractivity contribution in [2.75, 3.05) is 21.2 Å². The van der Waals surface area contributed by atoms with Gasteiger partial charge in [0.25, 0.3) is 0 Å². The van der Waals surface area contributed by atoms with Crippen LogP contribution in [0.2, 0.25) is 0 Å². The van der Waals surface area contributed by atoms with E-state index in [-0.39, 0.29) is 0 Å². The fraction of sp³-hybridized carbons (Fsp3) is 0.250. The Bertz CT molecular complexity index is 655. The number of rotatable bonds is 4. The quantitative estimate of drug-likeness (QED) is 0.694. The van der Waals surface area contributed by atoms with Crippen molar-refractivity contribution in [3.05, 3.63) is 66.2 Å². The number of hydrogen-bond acceptors (Lipinski definition) is 3. The molecule has 0 unspecified atom stereocenters. The molecule has 0 saturated carbocycles. The van der Waals surface area contributed by atoms with Crippen LogP contribution in [0.25, 0.3) is 0 Å². The molecule has 2 rings (SSSR count). The summed E-state index contributed by atoms with van der Waals surface area (Å²) in [6.07, 6.45) is 0. The smallest absolute Gasteiger partial charge is 0.292 e. The first-order valence-corrected chi connectivity index (χ1v) is 8.07. The second-order valence-corrected chi connectivity index (χ2v) is 6.45. The molecule has 2 aromatic carbocycles. The Morgan fingerprint density at radius 3 is 1.77 bits per heavy atom. The summed E-state index contributed by atoms with van der Waals surface area (Å²) in [6, 6.07) is 21.2. The first-order chi connectivity index (χ1) is 10.2. The minimum absolute atomic E-state index is 0.870. The summed E-state index contributed by atoms with van der Waals surface area (Å²) in [7, 11) is 1.19. The standard InChI is InChI=1S/C15H18N.CH4O4S/c1-16(2,15-11-7-4-8-12-15)13-14-9-5-3-6-10-14;1-5-6(2,3)4/h3-12H,13H2,1-2H3;1H3,(H,2,3,4)/q+1;. The maximum Gasteiger partial charge on any atom is 0.397 e. The van der Waals surface area contributed by atoms with Crippen molar-refractivity contribution in [1.82, 2.24) is 4.48 Å². The summed E-state index contributed by atoms with van der Waals surface area (Å²) < 4.78 is 30.6. The van der Waals surface area contributed by atoms with Crippen LogP contribution < -0.4 is 4.48 Å². The monoisotopic (exact) mass is 324 g/mol. The zero-order chi connectivity index (χ0) is 16.6. The van der Waals surface area contributed by atoms with Crippen molar-refractivity contribution in [1.29, 1.82) is 0 Å². The van der Waals surface area contributed by atoms with Gasteiger partial charge in [0.05, 0.1) is 21.2 Å². The van der Waals surface area contributed by atoms with Crippen LogP contribution >= 0.6 is 0 Å². The van der Waals surface area contributed by atoms with Gasteiger partial charge in [-0.1, -0.05) is 48.5 Å². The van der Waals surface area contributed by atoms with Gasteiger partial charge in [0.2, 0.25) is 0 Å². The molecule has 2 aromatic rings. The van der Waals surface area contributed by atoms with Gasteiger partial charge in [-0.3, -0.25) is 13.2 Å². The molecule has 120 valence electrons. The summed E-state index contributed by atoms with van der Waals surface area (Å²) in [5, 5.41) is 0. The molecule has 0 atom stereocenters. The Morgan fingerprint density at radius 2 is 1.36 bits per heavy atom. The highest BCUT2D eigenvalue weighted by atomic mass is 32.3. The summed E-state index contributed by atoms with van der Waals surface area (Å²) in [4.78, 5) is 0. The zero-order valence-electron chi connectivity index (χ0n) is 13.0. The number of nitrogens with zero attached hydrogens (tertiary/aromatic N) is 1. The first kappa shape index (κ1) is 18.3. The molecule has 0 aliphatic heterocycles. The lowest BCUT2D eigenvalue weighted by atomic mass is 10.2. The van der Waals surface area contributed by atoms with Gasteiger partial charge in [-0.15, -0.1) is 0 Å². The van der Waals surface area contributed by atoms with Crippen LogP contribution in [0.5, 0.6) is 0 Å². The molecule has 1 N–H and O–H groups in total. The molecule has 0 radical (unpaired) electrons. The third kappa shape index (κ3) is 6.82. The molecule has 0 heterocycles. The number of hydrogen-bond donors (Lipinski definition) is 1. The van der Waals surface area contributed by atoms with E-state index in [0.717, 1.165) is 18.1 Å². The molecule has 0 bridgehead atoms. The maximum atomic E-state index is 9.33. The molecule has 6 heteroatoms. The molecule has 22 heavy (non-hydrogen) atoms. The van der Waals surface area contributed by atoms with Crippen LogP contribution in [0.1, 0.15) is 5.56 Å². The SMILES string of the molecule is COS(=O)(=O)O.C[N+](C)(Cc1ccccc1)c1ccccc1. The molecule has 0 amide bonds. The van der Waals surface area contributed by atoms with Gasteiger partial charge in [-0.25, -0.2) is 0 Å². The van der Waals surface area contributed by atoms with Gasteiger partial charge < -0.3 is 0 Å². The molecule has 5 nitrogen and oxygen atoms in total. The van der Waals surface area contributed by atoms with E-state index in [4.69, 9.17) is 4.55 Å². The van der Waals surface area contributed by atoms with Gasteiger partial charge in [-0.2, -0.15) is 8.42 Å². The average molecular weight is 324 g/mol. The minimum atomic E-state index is -4.16. The molecule has 0 spiro atoms. The molecular formula is C16H22NO4S+. The third-order valence-electron chi connectivity index (χ3n) is 3.09. The molecule has 0 aliphatic carbocycles. The molecule has 0 aliphatic rings. The van der Waals surface area contributed by atoms with Gasteiger partial charge in [0.15, 0.2) is 0 Å². The van der Waals surface area contributed by atoms with E-state index >= 15 is 0 Å². The topological polar surface area (TPSA) is 63.6 Å². The van der Waals surface area contributed by atoms with E-state index in [1.165, 1.54) is 11.3 Å². The van der Waals surface area contributed by atoms with Crippen LogP contribution in [0.15, 0.2) is 60.7 Å². The fourth-order valence-electron chi connectivity index (χ4n) is 1.96. The molecule has 0 aromatic heterocycles. The van der Waals surface area contributed by atoms with Crippen molar-refractivity contribution in [3.63, 3.8) is 0 Å². The zero-order valence-corrected chi connectivity index (χ0v) is 13.8. The Balaban J connectivity index is 0.000000346. The van der Waals surface area contributed by atoms with Gasteiger partial charge >= 0.3 is 10.4 Å². The fourth-order valence-corrected chi connectivity index (χ4v) is 1.96. The number of benzene rings is 2. The lowest BCUT2D eigenvalue weighted by molar-refractivity contribution is 0.324. The Hall–Kier alpha value is -1.73. The summed E-state index contributed by atoms with van der Waals surface area (Å²) in [6.45, 7) is 1.02. The van der Waals surface area contributed by atoms with Crippen molar-refractivity contribution in [2.24, 2.45) is 0 Å². The molecular weight excluding hydrogens is 302 g/mol. The number of quaternary nitrogens is 1. The lowest BCUT2D eigenvalue weighted by Crippen LogP contribution is -2.39. The summed E-state index contributed by atoms with van der Waals surface area (Å²) in [5.74, 6) is 0. The Kier molecular flexibility index (Phi) is 6.70. The van der Waals surface area contributed by atoms with E-state index in [2.05, 4.69) is 78.9 Å². The highest BCUT2D eigenvalue weighted by Gasteiger charge is 2.18. The largest absolute Gasteiger partial charge is 0.397 e. The van der Waals surface area contributed by atoms with E-state index in [1.54, 1.807) is 0 Å². The third-order valence-corrected chi connectivity index (χ3v) is 3.51.